The van der Waals surface area contributed by atoms with Crippen molar-refractivity contribution in [3.8, 4) is 23.0 Å². The number of anilines is 5. The summed E-state index contributed by atoms with van der Waals surface area (Å²) >= 11 is 0. The third-order valence-corrected chi connectivity index (χ3v) is 12.6. The summed E-state index contributed by atoms with van der Waals surface area (Å²) in [6, 6.07) is 13.5. The van der Waals surface area contributed by atoms with Gasteiger partial charge in [0.1, 0.15) is 9.79 Å². The van der Waals surface area contributed by atoms with Crippen molar-refractivity contribution in [3.05, 3.63) is 84.9 Å². The molecule has 27 nitrogen and oxygen atoms in total. The third-order valence-electron chi connectivity index (χ3n) is 9.13. The molecule has 0 aliphatic carbocycles. The summed E-state index contributed by atoms with van der Waals surface area (Å²) in [4.78, 5) is 9.09. The van der Waals surface area contributed by atoms with E-state index in [0.717, 1.165) is 36.4 Å². The zero-order valence-corrected chi connectivity index (χ0v) is 39.1. The van der Waals surface area contributed by atoms with Crippen LogP contribution in [-0.2, 0) is 74.6 Å². The Balaban J connectivity index is 0.00000456. The molecule has 0 aliphatic heterocycles. The second-order valence-electron chi connectivity index (χ2n) is 13.7. The van der Waals surface area contributed by atoms with Gasteiger partial charge in [0.15, 0.2) is 0 Å². The van der Waals surface area contributed by atoms with Crippen LogP contribution in [0.1, 0.15) is 0 Å². The number of aliphatic hydroxyl groups excluding tert-OH is 1. The molecule has 0 bridgehead atoms. The van der Waals surface area contributed by atoms with Crippen LogP contribution in [0.4, 0.5) is 52.0 Å². The maximum atomic E-state index is 13.5. The first-order chi connectivity index (χ1) is 31.8. The Labute approximate surface area is 415 Å². The minimum absolute atomic E-state index is 0. The molecule has 1 aromatic heterocycles. The second-order valence-corrected chi connectivity index (χ2v) is 19.4. The fourth-order valence-electron chi connectivity index (χ4n) is 6.09. The molecule has 0 saturated heterocycles. The molecular formula is C37H26Cu2N10O17S4. The van der Waals surface area contributed by atoms with Crippen molar-refractivity contribution in [2.24, 2.45) is 20.5 Å². The van der Waals surface area contributed by atoms with Crippen molar-refractivity contribution in [2.45, 2.75) is 19.6 Å². The first kappa shape index (κ1) is 54.2. The van der Waals surface area contributed by atoms with Gasteiger partial charge in [0, 0.05) is 17.9 Å². The molecule has 8 N–H and O–H groups in total. The van der Waals surface area contributed by atoms with Gasteiger partial charge < -0.3 is 41.5 Å². The van der Waals surface area contributed by atoms with Crippen molar-refractivity contribution in [2.75, 3.05) is 29.1 Å². The number of hydrogen-bond donors (Lipinski definition) is 8. The van der Waals surface area contributed by atoms with E-state index in [2.05, 4.69) is 51.4 Å². The minimum Gasteiger partial charge on any atom is -0.871 e. The summed E-state index contributed by atoms with van der Waals surface area (Å²) in [6.45, 7) is -0.436. The van der Waals surface area contributed by atoms with E-state index >= 15 is 0 Å². The van der Waals surface area contributed by atoms with Gasteiger partial charge in [0.05, 0.1) is 39.1 Å². The van der Waals surface area contributed by atoms with Crippen molar-refractivity contribution in [1.29, 1.82) is 0 Å². The van der Waals surface area contributed by atoms with Crippen LogP contribution in [0.15, 0.2) is 125 Å². The minimum atomic E-state index is -5.22. The number of fused-ring (bicyclic) bond motifs is 2. The Kier molecular flexibility index (Phi) is 16.0. The van der Waals surface area contributed by atoms with E-state index in [1.165, 1.54) is 36.4 Å². The zero-order chi connectivity index (χ0) is 49.5. The predicted octanol–water partition coefficient (Wildman–Crippen LogP) is 3.18. The van der Waals surface area contributed by atoms with Gasteiger partial charge in [-0.3, -0.25) is 18.2 Å². The van der Waals surface area contributed by atoms with E-state index in [4.69, 9.17) is 0 Å². The number of benzene rings is 6. The fraction of sp³-hybridized carbons (Fsp3) is 0.0541. The molecule has 0 saturated carbocycles. The summed E-state index contributed by atoms with van der Waals surface area (Å²) in [6.07, 6.45) is 0. The molecule has 372 valence electrons. The molecule has 33 heteroatoms. The molecule has 0 amide bonds. The largest absolute Gasteiger partial charge is 2.00 e. The Morgan fingerprint density at radius 3 is 1.23 bits per heavy atom. The molecule has 1 heterocycles. The van der Waals surface area contributed by atoms with E-state index in [9.17, 15) is 77.4 Å². The molecule has 0 aliphatic rings. The van der Waals surface area contributed by atoms with Crippen molar-refractivity contribution < 1.29 is 112 Å². The van der Waals surface area contributed by atoms with Crippen LogP contribution in [0.3, 0.4) is 0 Å². The summed E-state index contributed by atoms with van der Waals surface area (Å²) in [5.41, 5.74) is -3.10. The van der Waals surface area contributed by atoms with Gasteiger partial charge in [0.25, 0.3) is 40.5 Å². The molecule has 7 rings (SSSR count). The van der Waals surface area contributed by atoms with Gasteiger partial charge >= 0.3 is 34.1 Å². The SMILES string of the molecule is O=S(=O)(O)c1ccc([O-])c(N=Nc2c(S(=O)(=O)O)cc3cc(Nc4nc(NCCO)nc(Nc5ccc6c([O-])c(N=Nc7cc(S(=O)(=O)O)ccc7[O-])c(S(=O)(=O)O)cc6c5)n4)ccc3c2[O-])c1.[Cu+2].[Cu+2]. The van der Waals surface area contributed by atoms with Crippen LogP contribution in [0.2, 0.25) is 0 Å². The van der Waals surface area contributed by atoms with E-state index in [-0.39, 0.29) is 98.1 Å². The predicted molar refractivity (Wildman–Crippen MR) is 228 cm³/mol. The Morgan fingerprint density at radius 2 is 0.871 bits per heavy atom. The molecule has 0 spiro atoms. The molecule has 70 heavy (non-hydrogen) atoms. The third kappa shape index (κ3) is 12.2. The molecule has 0 unspecified atom stereocenters. The number of aromatic nitrogens is 3. The Morgan fingerprint density at radius 1 is 0.486 bits per heavy atom. The van der Waals surface area contributed by atoms with Crippen molar-refractivity contribution >= 4 is 114 Å². The summed E-state index contributed by atoms with van der Waals surface area (Å²) < 4.78 is 135. The standard InChI is InChI=1S/C37H30N10O17S4.2Cu/c48-10-9-38-35-41-36(39-19-1-5-23-17(11-19)13-29(67(59,60)61)31(33(23)51)46-44-25-15-21(65(53,54)55)3-7-27(25)49)43-37(42-35)40-20-2-6-24-18(12-20)14-30(68(62,63)64)32(34(24)52)47-45-26-16-22(66(56,57)58)4-8-28(26)50;;/h1-8,11-16,48-52H,9-10H2,(H,53,54,55)(H,56,57,58)(H,59,60,61)(H,62,63,64)(H3,38,39,40,41,42,43);;/q;2*+2/p-4. The van der Waals surface area contributed by atoms with Crippen LogP contribution in [0, 0.1) is 0 Å². The maximum absolute atomic E-state index is 13.5. The Hall–Kier alpha value is -6.71. The number of azo groups is 2. The monoisotopic (exact) mass is 1140 g/mol. The zero-order valence-electron chi connectivity index (χ0n) is 34.0. The number of rotatable bonds is 15. The number of aliphatic hydroxyl groups is 1. The molecule has 0 atom stereocenters. The van der Waals surface area contributed by atoms with Gasteiger partial charge in [-0.05, 0) is 82.2 Å². The van der Waals surface area contributed by atoms with Crippen LogP contribution >= 0.6 is 0 Å². The van der Waals surface area contributed by atoms with Gasteiger partial charge in [0.2, 0.25) is 17.8 Å². The molecule has 0 fully saturated rings. The summed E-state index contributed by atoms with van der Waals surface area (Å²) in [5.74, 6) is -4.61. The topological polar surface area (TPSA) is 454 Å². The second kappa shape index (κ2) is 20.7. The van der Waals surface area contributed by atoms with Crippen LogP contribution in [0.5, 0.6) is 23.0 Å². The average molecular weight is 1140 g/mol. The molecule has 7 aromatic rings. The van der Waals surface area contributed by atoms with Crippen molar-refractivity contribution in [1.82, 2.24) is 15.0 Å². The fourth-order valence-corrected chi connectivity index (χ4v) is 8.39. The molecule has 6 aromatic carbocycles. The van der Waals surface area contributed by atoms with Gasteiger partial charge in [-0.1, -0.05) is 47.3 Å². The van der Waals surface area contributed by atoms with Gasteiger partial charge in [-0.25, -0.2) is 0 Å². The van der Waals surface area contributed by atoms with E-state index in [1.807, 2.05) is 0 Å². The van der Waals surface area contributed by atoms with E-state index in [0.29, 0.717) is 12.1 Å². The number of hydrogen-bond acceptors (Lipinski definition) is 23. The van der Waals surface area contributed by atoms with Gasteiger partial charge in [-0.2, -0.15) is 58.9 Å². The van der Waals surface area contributed by atoms with Crippen molar-refractivity contribution in [3.63, 3.8) is 0 Å². The average Bonchev–Trinajstić information content (AvgIpc) is 3.24. The van der Waals surface area contributed by atoms with Crippen LogP contribution in [0.25, 0.3) is 21.5 Å². The smallest absolute Gasteiger partial charge is 0.871 e. The first-order valence-electron chi connectivity index (χ1n) is 18.4. The number of nitrogens with zero attached hydrogens (tertiary/aromatic N) is 7. The van der Waals surface area contributed by atoms with E-state index in [1.54, 1.807) is 0 Å². The van der Waals surface area contributed by atoms with E-state index < -0.39 is 106 Å². The summed E-state index contributed by atoms with van der Waals surface area (Å²) in [5, 5.41) is 83.0. The quantitative estimate of drug-likeness (QED) is 0.0415. The number of nitrogens with one attached hydrogen (secondary N) is 3. The molecule has 2 radical (unpaired) electrons. The normalized spacial score (nSPS) is 12.2. The first-order valence-corrected chi connectivity index (χ1v) is 24.1. The summed E-state index contributed by atoms with van der Waals surface area (Å²) in [7, 11) is -20.1. The maximum Gasteiger partial charge on any atom is 2.00 e. The Bertz CT molecular complexity index is 3520. The van der Waals surface area contributed by atoms with Crippen LogP contribution < -0.4 is 36.4 Å². The van der Waals surface area contributed by atoms with Crippen LogP contribution in [-0.4, -0.2) is 85.1 Å². The molecular weight excluding hydrogens is 1110 g/mol. The van der Waals surface area contributed by atoms with Gasteiger partial charge in [-0.15, -0.1) is 10.2 Å².